The van der Waals surface area contributed by atoms with Crippen LogP contribution in [-0.2, 0) is 4.74 Å². The van der Waals surface area contributed by atoms with Crippen molar-refractivity contribution >= 4 is 11.8 Å². The first kappa shape index (κ1) is 16.1. The monoisotopic (exact) mass is 279 g/mol. The highest BCUT2D eigenvalue weighted by Gasteiger charge is 2.17. The largest absolute Gasteiger partial charge is 0.383 e. The number of pyridine rings is 1. The average Bonchev–Trinajstić information content (AvgIpc) is 2.37. The minimum Gasteiger partial charge on any atom is -0.383 e. The maximum Gasteiger partial charge on any atom is 0.270 e. The van der Waals surface area contributed by atoms with Crippen LogP contribution in [0.1, 0.15) is 41.6 Å². The highest BCUT2D eigenvalue weighted by atomic mass is 16.5. The third-order valence-electron chi connectivity index (χ3n) is 2.34. The Labute approximate surface area is 118 Å². The van der Waals surface area contributed by atoms with Crippen LogP contribution in [0.25, 0.3) is 0 Å². The Morgan fingerprint density at radius 1 is 1.30 bits per heavy atom. The molecule has 1 rings (SSSR count). The normalized spacial score (nSPS) is 11.0. The van der Waals surface area contributed by atoms with Gasteiger partial charge >= 0.3 is 0 Å². The van der Waals surface area contributed by atoms with Gasteiger partial charge in [0.15, 0.2) is 0 Å². The van der Waals surface area contributed by atoms with Crippen LogP contribution in [0.15, 0.2) is 18.3 Å². The zero-order valence-corrected chi connectivity index (χ0v) is 12.3. The number of aromatic nitrogens is 1. The van der Waals surface area contributed by atoms with Crippen LogP contribution in [0.2, 0.25) is 0 Å². The van der Waals surface area contributed by atoms with Gasteiger partial charge in [0, 0.05) is 31.0 Å². The molecular weight excluding hydrogens is 258 g/mol. The number of methoxy groups -OCH3 is 1. The summed E-state index contributed by atoms with van der Waals surface area (Å²) in [6, 6.07) is 3.04. The van der Waals surface area contributed by atoms with Gasteiger partial charge in [-0.2, -0.15) is 0 Å². The fourth-order valence-corrected chi connectivity index (χ4v) is 1.47. The molecule has 0 aliphatic heterocycles. The van der Waals surface area contributed by atoms with Crippen LogP contribution in [0, 0.1) is 0 Å². The lowest BCUT2D eigenvalue weighted by Gasteiger charge is -2.20. The summed E-state index contributed by atoms with van der Waals surface area (Å²) in [4.78, 5) is 27.8. The molecule has 0 bridgehead atoms. The molecule has 0 aromatic carbocycles. The number of hydrogen-bond donors (Lipinski definition) is 2. The van der Waals surface area contributed by atoms with Crippen molar-refractivity contribution in [2.75, 3.05) is 20.3 Å². The molecule has 0 unspecified atom stereocenters. The summed E-state index contributed by atoms with van der Waals surface area (Å²) in [7, 11) is 1.56. The van der Waals surface area contributed by atoms with Crippen molar-refractivity contribution < 1.29 is 14.3 Å². The van der Waals surface area contributed by atoms with Crippen molar-refractivity contribution in [3.05, 3.63) is 29.6 Å². The molecule has 1 aromatic heterocycles. The van der Waals surface area contributed by atoms with E-state index in [-0.39, 0.29) is 23.0 Å². The predicted molar refractivity (Wildman–Crippen MR) is 75.7 cm³/mol. The zero-order valence-electron chi connectivity index (χ0n) is 12.3. The molecule has 0 spiro atoms. The molecule has 0 fully saturated rings. The number of nitrogens with zero attached hydrogens (tertiary/aromatic N) is 1. The molecular formula is C14H21N3O3. The molecule has 0 atom stereocenters. The van der Waals surface area contributed by atoms with Crippen LogP contribution in [0.3, 0.4) is 0 Å². The molecule has 0 aliphatic carbocycles. The molecule has 2 N–H and O–H groups in total. The Kier molecular flexibility index (Phi) is 5.64. The zero-order chi connectivity index (χ0) is 15.2. The van der Waals surface area contributed by atoms with E-state index in [1.165, 1.54) is 12.3 Å². The molecule has 6 nitrogen and oxygen atoms in total. The molecule has 0 saturated heterocycles. The molecule has 6 heteroatoms. The maximum absolute atomic E-state index is 12.0. The second-order valence-corrected chi connectivity index (χ2v) is 5.38. The summed E-state index contributed by atoms with van der Waals surface area (Å²) in [5, 5.41) is 5.49. The topological polar surface area (TPSA) is 80.3 Å². The maximum atomic E-state index is 12.0. The van der Waals surface area contributed by atoms with Crippen LogP contribution < -0.4 is 10.6 Å². The van der Waals surface area contributed by atoms with Gasteiger partial charge < -0.3 is 15.4 Å². The van der Waals surface area contributed by atoms with Gasteiger partial charge in [0.1, 0.15) is 5.69 Å². The van der Waals surface area contributed by atoms with E-state index in [9.17, 15) is 9.59 Å². The van der Waals surface area contributed by atoms with E-state index in [0.29, 0.717) is 18.7 Å². The summed E-state index contributed by atoms with van der Waals surface area (Å²) >= 11 is 0. The fourth-order valence-electron chi connectivity index (χ4n) is 1.47. The second-order valence-electron chi connectivity index (χ2n) is 5.38. The van der Waals surface area contributed by atoms with Gasteiger partial charge in [-0.15, -0.1) is 0 Å². The van der Waals surface area contributed by atoms with Gasteiger partial charge in [0.25, 0.3) is 11.8 Å². The average molecular weight is 279 g/mol. The Morgan fingerprint density at radius 3 is 2.60 bits per heavy atom. The van der Waals surface area contributed by atoms with E-state index in [2.05, 4.69) is 15.6 Å². The van der Waals surface area contributed by atoms with Crippen molar-refractivity contribution in [1.29, 1.82) is 0 Å². The van der Waals surface area contributed by atoms with Gasteiger partial charge in [-0.1, -0.05) is 0 Å². The Hall–Kier alpha value is -1.95. The molecule has 0 radical (unpaired) electrons. The number of nitrogens with one attached hydrogen (secondary N) is 2. The van der Waals surface area contributed by atoms with Crippen molar-refractivity contribution in [3.63, 3.8) is 0 Å². The van der Waals surface area contributed by atoms with Crippen molar-refractivity contribution in [2.45, 2.75) is 26.3 Å². The first-order valence-corrected chi connectivity index (χ1v) is 6.39. The minimum absolute atomic E-state index is 0.222. The number of hydrogen-bond acceptors (Lipinski definition) is 4. The van der Waals surface area contributed by atoms with E-state index in [1.807, 2.05) is 20.8 Å². The lowest BCUT2D eigenvalue weighted by molar-refractivity contribution is 0.0914. The summed E-state index contributed by atoms with van der Waals surface area (Å²) in [6.07, 6.45) is 1.45. The summed E-state index contributed by atoms with van der Waals surface area (Å²) < 4.78 is 4.85. The van der Waals surface area contributed by atoms with Crippen LogP contribution >= 0.6 is 0 Å². The third kappa shape index (κ3) is 5.36. The second kappa shape index (κ2) is 7.00. The number of rotatable bonds is 5. The van der Waals surface area contributed by atoms with Crippen LogP contribution in [0.4, 0.5) is 0 Å². The molecule has 20 heavy (non-hydrogen) atoms. The first-order chi connectivity index (χ1) is 9.33. The van der Waals surface area contributed by atoms with E-state index in [0.717, 1.165) is 0 Å². The highest BCUT2D eigenvalue weighted by Crippen LogP contribution is 2.05. The third-order valence-corrected chi connectivity index (χ3v) is 2.34. The van der Waals surface area contributed by atoms with Crippen molar-refractivity contribution in [2.24, 2.45) is 0 Å². The smallest absolute Gasteiger partial charge is 0.270 e. The Balaban J connectivity index is 2.75. The van der Waals surface area contributed by atoms with E-state index in [4.69, 9.17) is 4.74 Å². The van der Waals surface area contributed by atoms with Gasteiger partial charge in [-0.3, -0.25) is 14.6 Å². The van der Waals surface area contributed by atoms with Gasteiger partial charge in [-0.05, 0) is 32.9 Å². The molecule has 1 heterocycles. The highest BCUT2D eigenvalue weighted by molar-refractivity contribution is 5.98. The van der Waals surface area contributed by atoms with Crippen LogP contribution in [-0.4, -0.2) is 42.6 Å². The predicted octanol–water partition coefficient (Wildman–Crippen LogP) is 0.986. The fraction of sp³-hybridized carbons (Fsp3) is 0.500. The van der Waals surface area contributed by atoms with Gasteiger partial charge in [-0.25, -0.2) is 0 Å². The molecule has 110 valence electrons. The summed E-state index contributed by atoms with van der Waals surface area (Å²) in [6.45, 7) is 6.50. The summed E-state index contributed by atoms with van der Waals surface area (Å²) in [5.41, 5.74) is 0.268. The lowest BCUT2D eigenvalue weighted by Crippen LogP contribution is -2.41. The lowest BCUT2D eigenvalue weighted by atomic mass is 10.1. The number of carbonyl (C=O) groups excluding carboxylic acids is 2. The Morgan fingerprint density at radius 2 is 2.00 bits per heavy atom. The molecule has 0 aliphatic rings. The Bertz CT molecular complexity index is 481. The van der Waals surface area contributed by atoms with E-state index in [1.54, 1.807) is 13.2 Å². The van der Waals surface area contributed by atoms with Crippen molar-refractivity contribution in [3.8, 4) is 0 Å². The number of amides is 2. The molecule has 1 aromatic rings. The first-order valence-electron chi connectivity index (χ1n) is 6.39. The minimum atomic E-state index is -0.352. The quantitative estimate of drug-likeness (QED) is 0.788. The van der Waals surface area contributed by atoms with Gasteiger partial charge in [0.05, 0.1) is 6.61 Å². The van der Waals surface area contributed by atoms with E-state index < -0.39 is 0 Å². The SMILES string of the molecule is COCCNC(=O)c1ccnc(C(=O)NC(C)(C)C)c1. The molecule has 2 amide bonds. The standard InChI is InChI=1S/C14H21N3O3/c1-14(2,3)17-13(19)11-9-10(5-6-15-11)12(18)16-7-8-20-4/h5-6,9H,7-8H2,1-4H3,(H,16,18)(H,17,19). The molecule has 0 saturated carbocycles. The summed E-state index contributed by atoms with van der Waals surface area (Å²) in [5.74, 6) is -0.557. The number of ether oxygens (including phenoxy) is 1. The van der Waals surface area contributed by atoms with Gasteiger partial charge in [0.2, 0.25) is 0 Å². The van der Waals surface area contributed by atoms with Crippen LogP contribution in [0.5, 0.6) is 0 Å². The van der Waals surface area contributed by atoms with E-state index >= 15 is 0 Å². The van der Waals surface area contributed by atoms with Crippen molar-refractivity contribution in [1.82, 2.24) is 15.6 Å². The number of carbonyl (C=O) groups is 2.